The van der Waals surface area contributed by atoms with Crippen LogP contribution < -0.4 is 0 Å². The molecule has 1 aromatic heterocycles. The van der Waals surface area contributed by atoms with Gasteiger partial charge in [-0.3, -0.25) is 0 Å². The lowest BCUT2D eigenvalue weighted by atomic mass is 9.87. The van der Waals surface area contributed by atoms with Crippen molar-refractivity contribution >= 4 is 27.2 Å². The molecule has 58 heavy (non-hydrogen) atoms. The number of aromatic nitrogens is 3. The highest BCUT2D eigenvalue weighted by molar-refractivity contribution is 6.16. The molecule has 11 rings (SSSR count). The standard InChI is InChI=1S/C54H32N4/c1-55-40-28-29-46(43-23-8-7-22-42(43)39-31-37-19-13-26-47-44-24-9-10-25-45(44)50(32-39)51(37)47)49(33-40)36-18-11-20-38(30-36)53-56-52(35-15-3-2-4-16-35)57-54(58-53)48-27-12-17-34-14-5-6-21-41(34)48/h2-33H. The number of hydrogen-bond donors (Lipinski definition) is 0. The zero-order chi connectivity index (χ0) is 38.6. The highest BCUT2D eigenvalue weighted by Gasteiger charge is 2.23. The lowest BCUT2D eigenvalue weighted by molar-refractivity contribution is 1.08. The third-order valence-electron chi connectivity index (χ3n) is 11.3. The fraction of sp³-hybridized carbons (Fsp3) is 0. The molecule has 0 saturated heterocycles. The topological polar surface area (TPSA) is 43.0 Å². The molecular formula is C54H32N4. The lowest BCUT2D eigenvalue weighted by Crippen LogP contribution is -2.00. The summed E-state index contributed by atoms with van der Waals surface area (Å²) in [5.74, 6) is 1.80. The fourth-order valence-corrected chi connectivity index (χ4v) is 8.61. The summed E-state index contributed by atoms with van der Waals surface area (Å²) < 4.78 is 0. The van der Waals surface area contributed by atoms with E-state index in [1.165, 1.54) is 33.0 Å². The second-order valence-corrected chi connectivity index (χ2v) is 14.6. The fourth-order valence-electron chi connectivity index (χ4n) is 8.61. The van der Waals surface area contributed by atoms with Crippen molar-refractivity contribution in [3.8, 4) is 89.8 Å². The molecule has 0 unspecified atom stereocenters. The van der Waals surface area contributed by atoms with E-state index in [9.17, 15) is 0 Å². The Morgan fingerprint density at radius 1 is 0.310 bits per heavy atom. The number of nitrogens with zero attached hydrogens (tertiary/aromatic N) is 4. The van der Waals surface area contributed by atoms with Gasteiger partial charge in [-0.25, -0.2) is 19.8 Å². The normalized spacial score (nSPS) is 11.4. The molecule has 0 N–H and O–H groups in total. The van der Waals surface area contributed by atoms with Crippen LogP contribution in [0.2, 0.25) is 0 Å². The van der Waals surface area contributed by atoms with Gasteiger partial charge in [0, 0.05) is 16.7 Å². The summed E-state index contributed by atoms with van der Waals surface area (Å²) >= 11 is 0. The maximum atomic E-state index is 7.98. The predicted molar refractivity (Wildman–Crippen MR) is 238 cm³/mol. The van der Waals surface area contributed by atoms with Gasteiger partial charge in [0.15, 0.2) is 23.2 Å². The zero-order valence-corrected chi connectivity index (χ0v) is 31.3. The van der Waals surface area contributed by atoms with Gasteiger partial charge in [0.2, 0.25) is 0 Å². The number of rotatable bonds is 6. The number of benzene rings is 9. The Morgan fingerprint density at radius 3 is 1.67 bits per heavy atom. The summed E-state index contributed by atoms with van der Waals surface area (Å²) in [6, 6.07) is 67.6. The molecule has 4 heteroatoms. The van der Waals surface area contributed by atoms with Crippen LogP contribution in [0.25, 0.3) is 116 Å². The van der Waals surface area contributed by atoms with E-state index in [4.69, 9.17) is 21.5 Å². The van der Waals surface area contributed by atoms with Crippen molar-refractivity contribution in [3.63, 3.8) is 0 Å². The Labute approximate surface area is 336 Å². The summed E-state index contributed by atoms with van der Waals surface area (Å²) in [7, 11) is 0. The van der Waals surface area contributed by atoms with Gasteiger partial charge in [-0.1, -0.05) is 170 Å². The molecule has 1 aliphatic rings. The van der Waals surface area contributed by atoms with Crippen LogP contribution in [0, 0.1) is 6.57 Å². The number of fused-ring (bicyclic) bond motifs is 4. The molecule has 0 atom stereocenters. The van der Waals surface area contributed by atoms with Gasteiger partial charge in [-0.05, 0) is 101 Å². The van der Waals surface area contributed by atoms with E-state index in [-0.39, 0.29) is 0 Å². The molecule has 0 saturated carbocycles. The van der Waals surface area contributed by atoms with Crippen LogP contribution in [0.3, 0.4) is 0 Å². The molecular weight excluding hydrogens is 705 g/mol. The SMILES string of the molecule is [C-]#[N+]c1ccc(-c2ccccc2-c2cc3c4c(cccc4c2)-c2ccccc2-3)c(-c2cccc(-c3nc(-c4ccccc4)nc(-c4cccc5ccccc45)n3)c2)c1. The summed E-state index contributed by atoms with van der Waals surface area (Å²) in [5, 5.41) is 4.74. The lowest BCUT2D eigenvalue weighted by Gasteiger charge is -2.17. The Hall–Kier alpha value is -8.00. The minimum Gasteiger partial charge on any atom is -0.238 e. The summed E-state index contributed by atoms with van der Waals surface area (Å²) in [4.78, 5) is 19.1. The average Bonchev–Trinajstić information content (AvgIpc) is 3.63. The molecule has 0 bridgehead atoms. The maximum Gasteiger partial charge on any atom is 0.187 e. The van der Waals surface area contributed by atoms with E-state index in [1.54, 1.807) is 0 Å². The molecule has 0 radical (unpaired) electrons. The Bertz CT molecular complexity index is 3300. The smallest absolute Gasteiger partial charge is 0.187 e. The second-order valence-electron chi connectivity index (χ2n) is 14.6. The average molecular weight is 737 g/mol. The molecule has 4 nitrogen and oxygen atoms in total. The van der Waals surface area contributed by atoms with Gasteiger partial charge < -0.3 is 0 Å². The third kappa shape index (κ3) is 5.57. The van der Waals surface area contributed by atoms with E-state index < -0.39 is 0 Å². The molecule has 0 amide bonds. The van der Waals surface area contributed by atoms with Gasteiger partial charge in [-0.15, -0.1) is 0 Å². The van der Waals surface area contributed by atoms with Crippen molar-refractivity contribution < 1.29 is 0 Å². The van der Waals surface area contributed by atoms with Crippen molar-refractivity contribution in [3.05, 3.63) is 206 Å². The van der Waals surface area contributed by atoms with E-state index in [2.05, 4.69) is 144 Å². The molecule has 1 heterocycles. The van der Waals surface area contributed by atoms with Crippen LogP contribution in [0.1, 0.15) is 0 Å². The summed E-state index contributed by atoms with van der Waals surface area (Å²) in [6.45, 7) is 7.98. The first-order valence-corrected chi connectivity index (χ1v) is 19.4. The van der Waals surface area contributed by atoms with E-state index in [0.717, 1.165) is 60.8 Å². The summed E-state index contributed by atoms with van der Waals surface area (Å²) in [6.07, 6.45) is 0. The van der Waals surface area contributed by atoms with Crippen molar-refractivity contribution in [1.82, 2.24) is 15.0 Å². The van der Waals surface area contributed by atoms with Crippen molar-refractivity contribution in [2.75, 3.05) is 0 Å². The Kier molecular flexibility index (Phi) is 7.84. The quantitative estimate of drug-likeness (QED) is 0.160. The minimum absolute atomic E-state index is 0.578. The van der Waals surface area contributed by atoms with E-state index in [0.29, 0.717) is 23.2 Å². The van der Waals surface area contributed by atoms with Crippen molar-refractivity contribution in [2.45, 2.75) is 0 Å². The van der Waals surface area contributed by atoms with Gasteiger partial charge in [-0.2, -0.15) is 0 Å². The van der Waals surface area contributed by atoms with Crippen molar-refractivity contribution in [1.29, 1.82) is 0 Å². The minimum atomic E-state index is 0.578. The van der Waals surface area contributed by atoms with Crippen LogP contribution in [0.15, 0.2) is 194 Å². The Morgan fingerprint density at radius 2 is 0.862 bits per heavy atom. The first kappa shape index (κ1) is 33.3. The molecule has 0 fully saturated rings. The molecule has 10 aromatic rings. The van der Waals surface area contributed by atoms with Crippen LogP contribution in [0.5, 0.6) is 0 Å². The maximum absolute atomic E-state index is 7.98. The number of hydrogen-bond acceptors (Lipinski definition) is 3. The monoisotopic (exact) mass is 736 g/mol. The second kappa shape index (κ2) is 13.6. The molecule has 0 aliphatic heterocycles. The first-order valence-electron chi connectivity index (χ1n) is 19.4. The van der Waals surface area contributed by atoms with Gasteiger partial charge >= 0.3 is 0 Å². The zero-order valence-electron chi connectivity index (χ0n) is 31.3. The molecule has 0 spiro atoms. The van der Waals surface area contributed by atoms with Crippen LogP contribution in [0.4, 0.5) is 5.69 Å². The van der Waals surface area contributed by atoms with Crippen LogP contribution in [-0.4, -0.2) is 15.0 Å². The molecule has 1 aliphatic carbocycles. The van der Waals surface area contributed by atoms with E-state index in [1.807, 2.05) is 54.6 Å². The Balaban J connectivity index is 1.07. The highest BCUT2D eigenvalue weighted by atomic mass is 15.0. The van der Waals surface area contributed by atoms with E-state index >= 15 is 0 Å². The van der Waals surface area contributed by atoms with Gasteiger partial charge in [0.25, 0.3) is 0 Å². The van der Waals surface area contributed by atoms with Crippen molar-refractivity contribution in [2.24, 2.45) is 0 Å². The van der Waals surface area contributed by atoms with Gasteiger partial charge in [0.05, 0.1) is 6.57 Å². The largest absolute Gasteiger partial charge is 0.238 e. The molecule has 268 valence electrons. The van der Waals surface area contributed by atoms with Gasteiger partial charge in [0.1, 0.15) is 0 Å². The third-order valence-corrected chi connectivity index (χ3v) is 11.3. The van der Waals surface area contributed by atoms with Crippen LogP contribution >= 0.6 is 0 Å². The highest BCUT2D eigenvalue weighted by Crippen LogP contribution is 2.50. The first-order chi connectivity index (χ1) is 28.7. The predicted octanol–water partition coefficient (Wildman–Crippen LogP) is 14.4. The molecule has 9 aromatic carbocycles. The summed E-state index contributed by atoms with van der Waals surface area (Å²) in [5.41, 5.74) is 14.8. The van der Waals surface area contributed by atoms with Crippen LogP contribution in [-0.2, 0) is 0 Å².